The summed E-state index contributed by atoms with van der Waals surface area (Å²) in [6.45, 7) is 3.11. The Labute approximate surface area is 136 Å². The number of halogens is 2. The van der Waals surface area contributed by atoms with Gasteiger partial charge in [0.25, 0.3) is 0 Å². The lowest BCUT2D eigenvalue weighted by atomic mass is 9.72. The highest BCUT2D eigenvalue weighted by Gasteiger charge is 2.32. The van der Waals surface area contributed by atoms with Crippen molar-refractivity contribution in [3.05, 3.63) is 69.2 Å². The number of likely N-dealkylation sites (N-methyl/N-ethyl adjacent to an activating group) is 1. The zero-order chi connectivity index (χ0) is 14.8. The first-order chi connectivity index (χ1) is 10.2. The fraction of sp³-hybridized carbons (Fsp3) is 0.333. The minimum Gasteiger partial charge on any atom is -0.313 e. The lowest BCUT2D eigenvalue weighted by Crippen LogP contribution is -2.41. The van der Waals surface area contributed by atoms with Crippen molar-refractivity contribution in [2.45, 2.75) is 31.7 Å². The van der Waals surface area contributed by atoms with Crippen molar-refractivity contribution in [3.8, 4) is 0 Å². The van der Waals surface area contributed by atoms with Gasteiger partial charge in [-0.05, 0) is 54.3 Å². The first-order valence-electron chi connectivity index (χ1n) is 7.44. The van der Waals surface area contributed by atoms with Crippen LogP contribution in [0.2, 0.25) is 10.0 Å². The Hall–Kier alpha value is -1.02. The molecule has 110 valence electrons. The van der Waals surface area contributed by atoms with Gasteiger partial charge in [-0.15, -0.1) is 0 Å². The Morgan fingerprint density at radius 2 is 2.00 bits per heavy atom. The van der Waals surface area contributed by atoms with Crippen LogP contribution in [-0.2, 0) is 12.8 Å². The predicted molar refractivity (Wildman–Crippen MR) is 90.5 cm³/mol. The normalized spacial score (nSPS) is 18.0. The minimum atomic E-state index is 0.404. The van der Waals surface area contributed by atoms with E-state index in [4.69, 9.17) is 23.2 Å². The number of nitrogens with one attached hydrogen (secondary N) is 1. The number of benzene rings is 2. The maximum atomic E-state index is 6.32. The van der Waals surface area contributed by atoms with Crippen LogP contribution in [0.25, 0.3) is 0 Å². The van der Waals surface area contributed by atoms with E-state index < -0.39 is 0 Å². The molecule has 0 aromatic heterocycles. The monoisotopic (exact) mass is 319 g/mol. The second kappa shape index (κ2) is 6.39. The SMILES string of the molecule is CCNC(Cc1cc(Cl)ccc1Cl)C1Cc2ccccc21. The van der Waals surface area contributed by atoms with Crippen molar-refractivity contribution < 1.29 is 0 Å². The molecule has 0 radical (unpaired) electrons. The predicted octanol–water partition coefficient (Wildman–Crippen LogP) is 4.85. The average molecular weight is 320 g/mol. The molecular weight excluding hydrogens is 301 g/mol. The molecule has 1 N–H and O–H groups in total. The van der Waals surface area contributed by atoms with Gasteiger partial charge >= 0.3 is 0 Å². The van der Waals surface area contributed by atoms with Crippen LogP contribution >= 0.6 is 23.2 Å². The molecule has 2 atom stereocenters. The van der Waals surface area contributed by atoms with E-state index in [2.05, 4.69) is 36.5 Å². The van der Waals surface area contributed by atoms with Crippen molar-refractivity contribution in [1.82, 2.24) is 5.32 Å². The molecule has 3 heteroatoms. The molecule has 2 unspecified atom stereocenters. The molecule has 0 spiro atoms. The topological polar surface area (TPSA) is 12.0 Å². The van der Waals surface area contributed by atoms with Gasteiger partial charge in [0, 0.05) is 22.0 Å². The molecule has 21 heavy (non-hydrogen) atoms. The quantitative estimate of drug-likeness (QED) is 0.830. The van der Waals surface area contributed by atoms with Crippen LogP contribution < -0.4 is 5.32 Å². The van der Waals surface area contributed by atoms with Crippen molar-refractivity contribution >= 4 is 23.2 Å². The Morgan fingerprint density at radius 1 is 1.19 bits per heavy atom. The third kappa shape index (κ3) is 3.11. The molecule has 0 saturated carbocycles. The van der Waals surface area contributed by atoms with Crippen LogP contribution in [0, 0.1) is 0 Å². The van der Waals surface area contributed by atoms with Gasteiger partial charge in [-0.25, -0.2) is 0 Å². The summed E-state index contributed by atoms with van der Waals surface area (Å²) in [7, 11) is 0. The molecule has 0 amide bonds. The van der Waals surface area contributed by atoms with Crippen LogP contribution in [0.15, 0.2) is 42.5 Å². The molecule has 0 bridgehead atoms. The summed E-state index contributed by atoms with van der Waals surface area (Å²) < 4.78 is 0. The van der Waals surface area contributed by atoms with Crippen LogP contribution in [0.5, 0.6) is 0 Å². The van der Waals surface area contributed by atoms with Gasteiger partial charge in [0.2, 0.25) is 0 Å². The van der Waals surface area contributed by atoms with E-state index >= 15 is 0 Å². The summed E-state index contributed by atoms with van der Waals surface area (Å²) in [6.07, 6.45) is 2.05. The van der Waals surface area contributed by atoms with Gasteiger partial charge in [-0.1, -0.05) is 54.4 Å². The summed E-state index contributed by atoms with van der Waals surface area (Å²) >= 11 is 12.4. The number of hydrogen-bond acceptors (Lipinski definition) is 1. The molecule has 0 saturated heterocycles. The molecule has 1 aliphatic rings. The maximum absolute atomic E-state index is 6.32. The first kappa shape index (κ1) is 14.9. The summed E-state index contributed by atoms with van der Waals surface area (Å²) in [5, 5.41) is 5.17. The molecular formula is C18H19Cl2N. The smallest absolute Gasteiger partial charge is 0.0439 e. The molecule has 2 aromatic rings. The molecule has 0 aliphatic heterocycles. The highest BCUT2D eigenvalue weighted by Crippen LogP contribution is 2.38. The summed E-state index contributed by atoms with van der Waals surface area (Å²) in [6, 6.07) is 14.8. The van der Waals surface area contributed by atoms with E-state index in [-0.39, 0.29) is 0 Å². The Kier molecular flexibility index (Phi) is 4.54. The highest BCUT2D eigenvalue weighted by atomic mass is 35.5. The second-order valence-corrected chi connectivity index (χ2v) is 6.46. The Bertz CT molecular complexity index is 639. The third-order valence-corrected chi connectivity index (χ3v) is 4.90. The van der Waals surface area contributed by atoms with Crippen molar-refractivity contribution in [2.75, 3.05) is 6.54 Å². The fourth-order valence-electron chi connectivity index (χ4n) is 3.21. The zero-order valence-corrected chi connectivity index (χ0v) is 13.6. The van der Waals surface area contributed by atoms with E-state index in [1.807, 2.05) is 18.2 Å². The molecule has 0 fully saturated rings. The number of fused-ring (bicyclic) bond motifs is 1. The average Bonchev–Trinajstić information content (AvgIpc) is 2.44. The van der Waals surface area contributed by atoms with E-state index in [1.54, 1.807) is 0 Å². The minimum absolute atomic E-state index is 0.404. The Morgan fingerprint density at radius 3 is 2.76 bits per heavy atom. The van der Waals surface area contributed by atoms with Crippen LogP contribution in [-0.4, -0.2) is 12.6 Å². The van der Waals surface area contributed by atoms with Crippen molar-refractivity contribution in [2.24, 2.45) is 0 Å². The molecule has 1 nitrogen and oxygen atoms in total. The van der Waals surface area contributed by atoms with E-state index in [0.717, 1.165) is 35.0 Å². The van der Waals surface area contributed by atoms with Crippen molar-refractivity contribution in [3.63, 3.8) is 0 Å². The van der Waals surface area contributed by atoms with Crippen LogP contribution in [0.3, 0.4) is 0 Å². The molecule has 3 rings (SSSR count). The molecule has 2 aromatic carbocycles. The van der Waals surface area contributed by atoms with Gasteiger partial charge in [-0.2, -0.15) is 0 Å². The zero-order valence-electron chi connectivity index (χ0n) is 12.1. The summed E-state index contributed by atoms with van der Waals surface area (Å²) in [5.41, 5.74) is 4.07. The summed E-state index contributed by atoms with van der Waals surface area (Å²) in [5.74, 6) is 0.566. The largest absolute Gasteiger partial charge is 0.313 e. The lowest BCUT2D eigenvalue weighted by molar-refractivity contribution is 0.405. The lowest BCUT2D eigenvalue weighted by Gasteiger charge is -2.37. The van der Waals surface area contributed by atoms with Gasteiger partial charge in [0.1, 0.15) is 0 Å². The van der Waals surface area contributed by atoms with Gasteiger partial charge < -0.3 is 5.32 Å². The summed E-state index contributed by atoms with van der Waals surface area (Å²) in [4.78, 5) is 0. The van der Waals surface area contributed by atoms with Crippen LogP contribution in [0.4, 0.5) is 0 Å². The van der Waals surface area contributed by atoms with Gasteiger partial charge in [-0.3, -0.25) is 0 Å². The highest BCUT2D eigenvalue weighted by molar-refractivity contribution is 6.33. The standard InChI is InChI=1S/C18H19Cl2N/c1-2-21-18(11-13-9-14(19)7-8-17(13)20)16-10-12-5-3-4-6-15(12)16/h3-9,16,18,21H,2,10-11H2,1H3. The van der Waals surface area contributed by atoms with E-state index in [0.29, 0.717) is 12.0 Å². The van der Waals surface area contributed by atoms with E-state index in [9.17, 15) is 0 Å². The molecule has 0 heterocycles. The Balaban J connectivity index is 1.82. The van der Waals surface area contributed by atoms with E-state index in [1.165, 1.54) is 11.1 Å². The van der Waals surface area contributed by atoms with Crippen molar-refractivity contribution in [1.29, 1.82) is 0 Å². The maximum Gasteiger partial charge on any atom is 0.0439 e. The first-order valence-corrected chi connectivity index (χ1v) is 8.19. The van der Waals surface area contributed by atoms with Gasteiger partial charge in [0.05, 0.1) is 0 Å². The third-order valence-electron chi connectivity index (χ3n) is 4.29. The number of hydrogen-bond donors (Lipinski definition) is 1. The van der Waals surface area contributed by atoms with Crippen LogP contribution in [0.1, 0.15) is 29.5 Å². The van der Waals surface area contributed by atoms with Gasteiger partial charge in [0.15, 0.2) is 0 Å². The molecule has 1 aliphatic carbocycles. The second-order valence-electron chi connectivity index (χ2n) is 5.61. The fourth-order valence-corrected chi connectivity index (χ4v) is 3.60. The number of rotatable bonds is 5.